The topological polar surface area (TPSA) is 51.0 Å². The molecule has 5 heteroatoms. The molecule has 2 rings (SSSR count). The maximum Gasteiger partial charge on any atom is 0.257 e. The highest BCUT2D eigenvalue weighted by Gasteiger charge is 2.07. The van der Waals surface area contributed by atoms with Crippen molar-refractivity contribution in [1.29, 1.82) is 0 Å². The van der Waals surface area contributed by atoms with E-state index in [9.17, 15) is 0 Å². The van der Waals surface area contributed by atoms with Gasteiger partial charge < -0.3 is 9.84 Å². The van der Waals surface area contributed by atoms with E-state index >= 15 is 0 Å². The standard InChI is InChI=1S/C11H12ClN3O/c1-2-13-7-10-14-11(16-15-10)8-3-5-9(12)6-4-8/h3-6,13H,2,7H2,1H3. The first-order chi connectivity index (χ1) is 7.79. The quantitative estimate of drug-likeness (QED) is 0.888. The fourth-order valence-corrected chi connectivity index (χ4v) is 1.40. The largest absolute Gasteiger partial charge is 0.334 e. The molecule has 4 nitrogen and oxygen atoms in total. The van der Waals surface area contributed by atoms with Gasteiger partial charge in [0.1, 0.15) is 0 Å². The highest BCUT2D eigenvalue weighted by molar-refractivity contribution is 6.30. The summed E-state index contributed by atoms with van der Waals surface area (Å²) in [7, 11) is 0. The average molecular weight is 238 g/mol. The van der Waals surface area contributed by atoms with Crippen molar-refractivity contribution in [2.45, 2.75) is 13.5 Å². The number of nitrogens with zero attached hydrogens (tertiary/aromatic N) is 2. The lowest BCUT2D eigenvalue weighted by Crippen LogP contribution is -2.12. The molecule has 0 unspecified atom stereocenters. The molecular weight excluding hydrogens is 226 g/mol. The molecule has 1 heterocycles. The smallest absolute Gasteiger partial charge is 0.257 e. The van der Waals surface area contributed by atoms with Crippen LogP contribution < -0.4 is 5.32 Å². The molecule has 0 aliphatic rings. The molecule has 16 heavy (non-hydrogen) atoms. The normalized spacial score (nSPS) is 10.6. The fraction of sp³-hybridized carbons (Fsp3) is 0.273. The Labute approximate surface area is 98.6 Å². The van der Waals surface area contributed by atoms with E-state index < -0.39 is 0 Å². The second kappa shape index (κ2) is 5.09. The van der Waals surface area contributed by atoms with Crippen molar-refractivity contribution in [2.75, 3.05) is 6.54 Å². The zero-order valence-electron chi connectivity index (χ0n) is 8.90. The minimum atomic E-state index is 0.518. The van der Waals surface area contributed by atoms with Crippen LogP contribution in [0.15, 0.2) is 28.8 Å². The Bertz CT molecular complexity index is 453. The van der Waals surface area contributed by atoms with E-state index in [1.54, 1.807) is 12.1 Å². The minimum absolute atomic E-state index is 0.518. The van der Waals surface area contributed by atoms with E-state index in [4.69, 9.17) is 16.1 Å². The summed E-state index contributed by atoms with van der Waals surface area (Å²) in [5, 5.41) is 7.69. The Morgan fingerprint density at radius 3 is 2.75 bits per heavy atom. The predicted molar refractivity (Wildman–Crippen MR) is 62.1 cm³/mol. The monoisotopic (exact) mass is 237 g/mol. The second-order valence-electron chi connectivity index (χ2n) is 3.30. The molecule has 0 saturated heterocycles. The average Bonchev–Trinajstić information content (AvgIpc) is 2.76. The maximum atomic E-state index is 5.80. The molecule has 1 aromatic carbocycles. The van der Waals surface area contributed by atoms with Crippen LogP contribution in [0.25, 0.3) is 11.5 Å². The van der Waals surface area contributed by atoms with Gasteiger partial charge in [0.05, 0.1) is 6.54 Å². The van der Waals surface area contributed by atoms with Crippen molar-refractivity contribution in [1.82, 2.24) is 15.5 Å². The molecule has 0 bridgehead atoms. The van der Waals surface area contributed by atoms with Crippen molar-refractivity contribution in [3.8, 4) is 11.5 Å². The molecule has 0 aliphatic carbocycles. The van der Waals surface area contributed by atoms with Gasteiger partial charge in [-0.05, 0) is 30.8 Å². The first-order valence-corrected chi connectivity index (χ1v) is 5.46. The Balaban J connectivity index is 2.15. The van der Waals surface area contributed by atoms with Gasteiger partial charge in [0.25, 0.3) is 5.89 Å². The minimum Gasteiger partial charge on any atom is -0.334 e. The third-order valence-electron chi connectivity index (χ3n) is 2.09. The van der Waals surface area contributed by atoms with Gasteiger partial charge in [0, 0.05) is 10.6 Å². The number of halogens is 1. The van der Waals surface area contributed by atoms with Crippen LogP contribution in [0.2, 0.25) is 5.02 Å². The van der Waals surface area contributed by atoms with E-state index in [1.165, 1.54) is 0 Å². The lowest BCUT2D eigenvalue weighted by atomic mass is 10.2. The van der Waals surface area contributed by atoms with Gasteiger partial charge in [-0.25, -0.2) is 0 Å². The van der Waals surface area contributed by atoms with E-state index in [-0.39, 0.29) is 0 Å². The Kier molecular flexibility index (Phi) is 3.54. The maximum absolute atomic E-state index is 5.80. The third-order valence-corrected chi connectivity index (χ3v) is 2.34. The molecule has 1 aromatic heterocycles. The highest BCUT2D eigenvalue weighted by atomic mass is 35.5. The van der Waals surface area contributed by atoms with Gasteiger partial charge in [0.2, 0.25) is 0 Å². The summed E-state index contributed by atoms with van der Waals surface area (Å²) in [4.78, 5) is 4.26. The molecule has 1 N–H and O–H groups in total. The molecule has 0 atom stereocenters. The Morgan fingerprint density at radius 2 is 2.06 bits per heavy atom. The molecule has 2 aromatic rings. The molecule has 0 amide bonds. The van der Waals surface area contributed by atoms with Crippen LogP contribution in [-0.2, 0) is 6.54 Å². The van der Waals surface area contributed by atoms with E-state index in [2.05, 4.69) is 15.5 Å². The number of benzene rings is 1. The lowest BCUT2D eigenvalue weighted by Gasteiger charge is -1.94. The van der Waals surface area contributed by atoms with Gasteiger partial charge in [-0.15, -0.1) is 0 Å². The summed E-state index contributed by atoms with van der Waals surface area (Å²) in [5.41, 5.74) is 0.875. The van der Waals surface area contributed by atoms with Gasteiger partial charge >= 0.3 is 0 Å². The number of hydrogen-bond acceptors (Lipinski definition) is 4. The van der Waals surface area contributed by atoms with Crippen molar-refractivity contribution < 1.29 is 4.52 Å². The van der Waals surface area contributed by atoms with Crippen LogP contribution in [-0.4, -0.2) is 16.7 Å². The SMILES string of the molecule is CCNCc1noc(-c2ccc(Cl)cc2)n1. The third kappa shape index (κ3) is 2.59. The molecule has 0 radical (unpaired) electrons. The molecular formula is C11H12ClN3O. The van der Waals surface area contributed by atoms with Crippen molar-refractivity contribution in [3.05, 3.63) is 35.1 Å². The fourth-order valence-electron chi connectivity index (χ4n) is 1.27. The summed E-state index contributed by atoms with van der Waals surface area (Å²) >= 11 is 5.80. The zero-order chi connectivity index (χ0) is 11.4. The molecule has 0 saturated carbocycles. The van der Waals surface area contributed by atoms with Crippen LogP contribution in [0, 0.1) is 0 Å². The predicted octanol–water partition coefficient (Wildman–Crippen LogP) is 2.50. The summed E-state index contributed by atoms with van der Waals surface area (Å²) in [5.74, 6) is 1.18. The van der Waals surface area contributed by atoms with Gasteiger partial charge in [-0.1, -0.05) is 23.7 Å². The number of aromatic nitrogens is 2. The van der Waals surface area contributed by atoms with Crippen LogP contribution in [0.5, 0.6) is 0 Å². The molecule has 0 spiro atoms. The molecule has 84 valence electrons. The summed E-state index contributed by atoms with van der Waals surface area (Å²) < 4.78 is 5.14. The van der Waals surface area contributed by atoms with Gasteiger partial charge in [0.15, 0.2) is 5.82 Å². The zero-order valence-corrected chi connectivity index (χ0v) is 9.66. The van der Waals surface area contributed by atoms with Crippen molar-refractivity contribution in [2.24, 2.45) is 0 Å². The van der Waals surface area contributed by atoms with Crippen LogP contribution in [0.3, 0.4) is 0 Å². The first-order valence-electron chi connectivity index (χ1n) is 5.09. The lowest BCUT2D eigenvalue weighted by molar-refractivity contribution is 0.420. The van der Waals surface area contributed by atoms with E-state index in [0.717, 1.165) is 12.1 Å². The number of hydrogen-bond donors (Lipinski definition) is 1. The van der Waals surface area contributed by atoms with Gasteiger partial charge in [-0.3, -0.25) is 0 Å². The summed E-state index contributed by atoms with van der Waals surface area (Å²) in [6.45, 7) is 3.53. The first kappa shape index (κ1) is 11.1. The molecule has 0 fully saturated rings. The van der Waals surface area contributed by atoms with E-state index in [0.29, 0.717) is 23.3 Å². The second-order valence-corrected chi connectivity index (χ2v) is 3.74. The van der Waals surface area contributed by atoms with E-state index in [1.807, 2.05) is 19.1 Å². The van der Waals surface area contributed by atoms with Crippen molar-refractivity contribution in [3.63, 3.8) is 0 Å². The van der Waals surface area contributed by atoms with Crippen molar-refractivity contribution >= 4 is 11.6 Å². The van der Waals surface area contributed by atoms with Gasteiger partial charge in [-0.2, -0.15) is 4.98 Å². The summed E-state index contributed by atoms with van der Waals surface area (Å²) in [6.07, 6.45) is 0. The summed E-state index contributed by atoms with van der Waals surface area (Å²) in [6, 6.07) is 7.30. The van der Waals surface area contributed by atoms with Crippen LogP contribution in [0.4, 0.5) is 0 Å². The highest BCUT2D eigenvalue weighted by Crippen LogP contribution is 2.19. The molecule has 0 aliphatic heterocycles. The van der Waals surface area contributed by atoms with Crippen LogP contribution in [0.1, 0.15) is 12.7 Å². The Hall–Kier alpha value is -1.39. The Morgan fingerprint density at radius 1 is 1.31 bits per heavy atom. The number of rotatable bonds is 4. The number of nitrogens with one attached hydrogen (secondary N) is 1. The van der Waals surface area contributed by atoms with Crippen LogP contribution >= 0.6 is 11.6 Å².